The fourth-order valence-electron chi connectivity index (χ4n) is 2.47. The van der Waals surface area contributed by atoms with Crippen molar-refractivity contribution in [2.75, 3.05) is 39.6 Å². The third-order valence-electron chi connectivity index (χ3n) is 3.88. The number of aromatic carboxylic acids is 1. The summed E-state index contributed by atoms with van der Waals surface area (Å²) in [5.74, 6) is 0.326. The minimum absolute atomic E-state index is 0.0264. The molecule has 0 saturated carbocycles. The molecule has 0 bridgehead atoms. The van der Waals surface area contributed by atoms with Crippen LogP contribution in [-0.4, -0.2) is 49.8 Å². The highest BCUT2D eigenvalue weighted by molar-refractivity contribution is 5.94. The zero-order valence-electron chi connectivity index (χ0n) is 12.5. The van der Waals surface area contributed by atoms with Gasteiger partial charge in [-0.05, 0) is 38.9 Å². The second-order valence-electron chi connectivity index (χ2n) is 5.45. The highest BCUT2D eigenvalue weighted by Crippen LogP contribution is 2.33. The number of carbonyl (C=O) groups is 1. The number of carboxylic acid groups (broad SMARTS) is 1. The van der Waals surface area contributed by atoms with Crippen molar-refractivity contribution in [3.8, 4) is 11.5 Å². The fourth-order valence-corrected chi connectivity index (χ4v) is 2.47. The second-order valence-corrected chi connectivity index (χ2v) is 5.45. The summed E-state index contributed by atoms with van der Waals surface area (Å²) in [5, 5.41) is 9.05. The van der Waals surface area contributed by atoms with Crippen LogP contribution in [0.5, 0.6) is 11.5 Å². The Bertz CT molecular complexity index is 511. The molecule has 0 radical (unpaired) electrons. The highest BCUT2D eigenvalue weighted by atomic mass is 16.5. The van der Waals surface area contributed by atoms with Gasteiger partial charge >= 0.3 is 5.97 Å². The fraction of sp³-hybridized carbons (Fsp3) is 0.533. The maximum absolute atomic E-state index is 11.1. The van der Waals surface area contributed by atoms with E-state index >= 15 is 0 Å². The Morgan fingerprint density at radius 2 is 2.05 bits per heavy atom. The molecular weight excluding hydrogens is 272 g/mol. The Labute approximate surface area is 124 Å². The summed E-state index contributed by atoms with van der Waals surface area (Å²) >= 11 is 0. The van der Waals surface area contributed by atoms with E-state index in [1.54, 1.807) is 0 Å². The molecule has 21 heavy (non-hydrogen) atoms. The SMILES string of the molecule is COc1cc(C(=O)O)c(N)cc1OCC1CCN(C)CC1. The molecule has 6 nitrogen and oxygen atoms in total. The number of nitrogens with two attached hydrogens (primary N) is 1. The van der Waals surface area contributed by atoms with Gasteiger partial charge in [-0.1, -0.05) is 0 Å². The number of methoxy groups -OCH3 is 1. The minimum atomic E-state index is -1.08. The van der Waals surface area contributed by atoms with E-state index in [-0.39, 0.29) is 11.3 Å². The number of rotatable bonds is 5. The number of likely N-dealkylation sites (tertiary alicyclic amines) is 1. The Balaban J connectivity index is 2.05. The summed E-state index contributed by atoms with van der Waals surface area (Å²) in [6.07, 6.45) is 2.20. The van der Waals surface area contributed by atoms with E-state index in [4.69, 9.17) is 20.3 Å². The average Bonchev–Trinajstić information content (AvgIpc) is 2.46. The lowest BCUT2D eigenvalue weighted by Gasteiger charge is -2.28. The van der Waals surface area contributed by atoms with Crippen LogP contribution in [-0.2, 0) is 0 Å². The van der Waals surface area contributed by atoms with Crippen LogP contribution in [0.2, 0.25) is 0 Å². The van der Waals surface area contributed by atoms with Crippen molar-refractivity contribution < 1.29 is 19.4 Å². The van der Waals surface area contributed by atoms with Crippen LogP contribution < -0.4 is 15.2 Å². The molecule has 1 aliphatic rings. The first kappa shape index (κ1) is 15.4. The number of ether oxygens (including phenoxy) is 2. The average molecular weight is 294 g/mol. The van der Waals surface area contributed by atoms with Crippen LogP contribution in [0.1, 0.15) is 23.2 Å². The number of anilines is 1. The third kappa shape index (κ3) is 3.78. The van der Waals surface area contributed by atoms with E-state index in [1.165, 1.54) is 19.2 Å². The number of nitrogen functional groups attached to an aromatic ring is 1. The van der Waals surface area contributed by atoms with Crippen LogP contribution in [0.4, 0.5) is 5.69 Å². The topological polar surface area (TPSA) is 85.0 Å². The van der Waals surface area contributed by atoms with E-state index in [0.717, 1.165) is 25.9 Å². The number of carboxylic acids is 1. The first-order valence-electron chi connectivity index (χ1n) is 7.03. The van der Waals surface area contributed by atoms with Gasteiger partial charge in [-0.15, -0.1) is 0 Å². The highest BCUT2D eigenvalue weighted by Gasteiger charge is 2.19. The van der Waals surface area contributed by atoms with Gasteiger partial charge in [0.15, 0.2) is 11.5 Å². The predicted octanol–water partition coefficient (Wildman–Crippen LogP) is 1.70. The number of hydrogen-bond acceptors (Lipinski definition) is 5. The molecule has 2 rings (SSSR count). The van der Waals surface area contributed by atoms with Gasteiger partial charge in [-0.2, -0.15) is 0 Å². The molecule has 116 valence electrons. The molecule has 1 aliphatic heterocycles. The molecule has 1 aromatic rings. The Kier molecular flexibility index (Phi) is 4.90. The number of hydrogen-bond donors (Lipinski definition) is 2. The van der Waals surface area contributed by atoms with Crippen LogP contribution in [0, 0.1) is 5.92 Å². The molecule has 1 fully saturated rings. The molecule has 6 heteroatoms. The molecule has 0 atom stereocenters. The first-order chi connectivity index (χ1) is 10.0. The monoisotopic (exact) mass is 294 g/mol. The second kappa shape index (κ2) is 6.67. The molecule has 0 unspecified atom stereocenters. The first-order valence-corrected chi connectivity index (χ1v) is 7.03. The molecular formula is C15H22N2O4. The van der Waals surface area contributed by atoms with Gasteiger partial charge in [-0.25, -0.2) is 4.79 Å². The standard InChI is InChI=1S/C15H22N2O4/c1-17-5-3-10(4-6-17)9-21-14-8-12(16)11(15(18)19)7-13(14)20-2/h7-8,10H,3-6,9,16H2,1-2H3,(H,18,19). The maximum atomic E-state index is 11.1. The number of nitrogens with zero attached hydrogens (tertiary/aromatic N) is 1. The molecule has 3 N–H and O–H groups in total. The normalized spacial score (nSPS) is 16.7. The smallest absolute Gasteiger partial charge is 0.337 e. The van der Waals surface area contributed by atoms with Crippen molar-refractivity contribution in [2.45, 2.75) is 12.8 Å². The molecule has 0 amide bonds. The van der Waals surface area contributed by atoms with Crippen molar-refractivity contribution >= 4 is 11.7 Å². The van der Waals surface area contributed by atoms with Crippen LogP contribution in [0.15, 0.2) is 12.1 Å². The third-order valence-corrected chi connectivity index (χ3v) is 3.88. The number of piperidine rings is 1. The van der Waals surface area contributed by atoms with Gasteiger partial charge in [0.05, 0.1) is 25.0 Å². The van der Waals surface area contributed by atoms with Crippen molar-refractivity contribution in [1.82, 2.24) is 4.90 Å². The molecule has 0 spiro atoms. The van der Waals surface area contributed by atoms with Crippen LogP contribution in [0.25, 0.3) is 0 Å². The van der Waals surface area contributed by atoms with Crippen molar-refractivity contribution in [2.24, 2.45) is 5.92 Å². The van der Waals surface area contributed by atoms with E-state index in [9.17, 15) is 4.79 Å². The van der Waals surface area contributed by atoms with Gasteiger partial charge in [-0.3, -0.25) is 0 Å². The quantitative estimate of drug-likeness (QED) is 0.804. The van der Waals surface area contributed by atoms with E-state index in [1.807, 2.05) is 0 Å². The van der Waals surface area contributed by atoms with E-state index in [2.05, 4.69) is 11.9 Å². The molecule has 1 aromatic carbocycles. The lowest BCUT2D eigenvalue weighted by molar-refractivity contribution is 0.0697. The van der Waals surface area contributed by atoms with Gasteiger partial charge in [0.1, 0.15) is 0 Å². The van der Waals surface area contributed by atoms with Crippen molar-refractivity contribution in [3.05, 3.63) is 17.7 Å². The summed E-state index contributed by atoms with van der Waals surface area (Å²) < 4.78 is 11.0. The summed E-state index contributed by atoms with van der Waals surface area (Å²) in [7, 11) is 3.60. The summed E-state index contributed by atoms with van der Waals surface area (Å²) in [5.41, 5.74) is 5.96. The lowest BCUT2D eigenvalue weighted by Crippen LogP contribution is -2.32. The van der Waals surface area contributed by atoms with Gasteiger partial charge in [0, 0.05) is 12.1 Å². The molecule has 1 saturated heterocycles. The Morgan fingerprint density at radius 3 is 2.62 bits per heavy atom. The maximum Gasteiger partial charge on any atom is 0.337 e. The van der Waals surface area contributed by atoms with E-state index < -0.39 is 5.97 Å². The van der Waals surface area contributed by atoms with Gasteiger partial charge in [0.25, 0.3) is 0 Å². The largest absolute Gasteiger partial charge is 0.493 e. The van der Waals surface area contributed by atoms with Crippen molar-refractivity contribution in [1.29, 1.82) is 0 Å². The summed E-state index contributed by atoms with van der Waals surface area (Å²) in [6, 6.07) is 2.93. The summed E-state index contributed by atoms with van der Waals surface area (Å²) in [4.78, 5) is 13.4. The lowest BCUT2D eigenvalue weighted by atomic mass is 9.98. The zero-order valence-corrected chi connectivity index (χ0v) is 12.5. The molecule has 1 heterocycles. The van der Waals surface area contributed by atoms with Crippen molar-refractivity contribution in [3.63, 3.8) is 0 Å². The molecule has 0 aromatic heterocycles. The van der Waals surface area contributed by atoms with Crippen LogP contribution >= 0.6 is 0 Å². The zero-order chi connectivity index (χ0) is 15.4. The van der Waals surface area contributed by atoms with Crippen LogP contribution in [0.3, 0.4) is 0 Å². The predicted molar refractivity (Wildman–Crippen MR) is 80.1 cm³/mol. The number of benzene rings is 1. The van der Waals surface area contributed by atoms with Gasteiger partial charge in [0.2, 0.25) is 0 Å². The molecule has 0 aliphatic carbocycles. The summed E-state index contributed by atoms with van der Waals surface area (Å²) in [6.45, 7) is 2.74. The minimum Gasteiger partial charge on any atom is -0.493 e. The Morgan fingerprint density at radius 1 is 1.38 bits per heavy atom. The van der Waals surface area contributed by atoms with Gasteiger partial charge < -0.3 is 25.2 Å². The van der Waals surface area contributed by atoms with E-state index in [0.29, 0.717) is 24.0 Å². The Hall–Kier alpha value is -1.95.